The second kappa shape index (κ2) is 8.42. The number of carbonyl (C=O) groups excluding carboxylic acids is 1. The predicted molar refractivity (Wildman–Crippen MR) is 74.3 cm³/mol. The van der Waals surface area contributed by atoms with Crippen molar-refractivity contribution < 1.29 is 9.53 Å². The predicted octanol–water partition coefficient (Wildman–Crippen LogP) is 1.41. The lowest BCUT2D eigenvalue weighted by atomic mass is 10.3. The molecule has 1 aromatic heterocycles. The molecule has 0 aliphatic carbocycles. The molecule has 6 heteroatoms. The van der Waals surface area contributed by atoms with E-state index in [0.29, 0.717) is 5.82 Å². The van der Waals surface area contributed by atoms with Crippen LogP contribution in [-0.2, 0) is 4.74 Å². The minimum Gasteiger partial charge on any atom is -0.464 e. The molecule has 0 saturated carbocycles. The Morgan fingerprint density at radius 1 is 1.32 bits per heavy atom. The van der Waals surface area contributed by atoms with Crippen molar-refractivity contribution in [2.45, 2.75) is 20.3 Å². The van der Waals surface area contributed by atoms with Crippen LogP contribution in [0, 0.1) is 0 Å². The lowest BCUT2D eigenvalue weighted by Crippen LogP contribution is -2.25. The van der Waals surface area contributed by atoms with Crippen LogP contribution in [0.3, 0.4) is 0 Å². The summed E-state index contributed by atoms with van der Waals surface area (Å²) in [6.45, 7) is 8.37. The molecule has 0 aliphatic rings. The monoisotopic (exact) mass is 266 g/mol. The molecule has 1 heterocycles. The molecule has 6 nitrogen and oxygen atoms in total. The number of aromatic nitrogens is 2. The van der Waals surface area contributed by atoms with Gasteiger partial charge in [-0.15, -0.1) is 0 Å². The lowest BCUT2D eigenvalue weighted by Gasteiger charge is -2.17. The van der Waals surface area contributed by atoms with Crippen molar-refractivity contribution in [1.29, 1.82) is 0 Å². The SMILES string of the molecule is CCN(CC)CCCNc1cnc(C(=O)OC)cn1. The van der Waals surface area contributed by atoms with E-state index in [4.69, 9.17) is 0 Å². The second-order valence-corrected chi connectivity index (χ2v) is 4.09. The van der Waals surface area contributed by atoms with Gasteiger partial charge in [-0.2, -0.15) is 0 Å². The van der Waals surface area contributed by atoms with E-state index in [-0.39, 0.29) is 5.69 Å². The van der Waals surface area contributed by atoms with Crippen molar-refractivity contribution >= 4 is 11.8 Å². The van der Waals surface area contributed by atoms with E-state index in [0.717, 1.165) is 32.6 Å². The first-order chi connectivity index (χ1) is 9.21. The number of hydrogen-bond donors (Lipinski definition) is 1. The summed E-state index contributed by atoms with van der Waals surface area (Å²) in [5.74, 6) is 0.202. The average Bonchev–Trinajstić information content (AvgIpc) is 2.47. The number of esters is 1. The Morgan fingerprint density at radius 2 is 2.05 bits per heavy atom. The van der Waals surface area contributed by atoms with Crippen LogP contribution in [-0.4, -0.2) is 54.1 Å². The number of nitrogens with one attached hydrogen (secondary N) is 1. The first-order valence-electron chi connectivity index (χ1n) is 6.57. The Labute approximate surface area is 114 Å². The first kappa shape index (κ1) is 15.4. The molecule has 0 radical (unpaired) electrons. The zero-order valence-corrected chi connectivity index (χ0v) is 11.8. The highest BCUT2D eigenvalue weighted by Crippen LogP contribution is 2.02. The number of anilines is 1. The Hall–Kier alpha value is -1.69. The topological polar surface area (TPSA) is 67.4 Å². The van der Waals surface area contributed by atoms with Crippen LogP contribution in [0.1, 0.15) is 30.8 Å². The number of carbonyl (C=O) groups is 1. The molecule has 19 heavy (non-hydrogen) atoms. The summed E-state index contributed by atoms with van der Waals surface area (Å²) >= 11 is 0. The highest BCUT2D eigenvalue weighted by Gasteiger charge is 2.07. The van der Waals surface area contributed by atoms with E-state index in [9.17, 15) is 4.79 Å². The molecule has 0 amide bonds. The minimum atomic E-state index is -0.472. The van der Waals surface area contributed by atoms with E-state index in [1.807, 2.05) is 0 Å². The fourth-order valence-electron chi connectivity index (χ4n) is 1.69. The molecule has 0 aromatic carbocycles. The molecular weight excluding hydrogens is 244 g/mol. The summed E-state index contributed by atoms with van der Waals surface area (Å²) in [6, 6.07) is 0. The third-order valence-electron chi connectivity index (χ3n) is 2.90. The molecule has 0 saturated heterocycles. The summed E-state index contributed by atoms with van der Waals surface area (Å²) in [4.78, 5) is 21.6. The van der Waals surface area contributed by atoms with Crippen LogP contribution in [0.2, 0.25) is 0 Å². The Morgan fingerprint density at radius 3 is 2.58 bits per heavy atom. The minimum absolute atomic E-state index is 0.219. The summed E-state index contributed by atoms with van der Waals surface area (Å²) in [6.07, 6.45) is 4.00. The van der Waals surface area contributed by atoms with Crippen molar-refractivity contribution in [3.8, 4) is 0 Å². The van der Waals surface area contributed by atoms with E-state index < -0.39 is 5.97 Å². The normalized spacial score (nSPS) is 10.5. The van der Waals surface area contributed by atoms with Gasteiger partial charge < -0.3 is 15.0 Å². The van der Waals surface area contributed by atoms with Gasteiger partial charge in [-0.1, -0.05) is 13.8 Å². The van der Waals surface area contributed by atoms with Gasteiger partial charge in [0.2, 0.25) is 0 Å². The van der Waals surface area contributed by atoms with Gasteiger partial charge in [0, 0.05) is 6.54 Å². The van der Waals surface area contributed by atoms with Crippen LogP contribution in [0.25, 0.3) is 0 Å². The molecule has 106 valence electrons. The number of ether oxygens (including phenoxy) is 1. The van der Waals surface area contributed by atoms with Crippen LogP contribution in [0.4, 0.5) is 5.82 Å². The first-order valence-corrected chi connectivity index (χ1v) is 6.57. The van der Waals surface area contributed by atoms with Crippen LogP contribution in [0.5, 0.6) is 0 Å². The van der Waals surface area contributed by atoms with Gasteiger partial charge in [0.05, 0.1) is 19.5 Å². The summed E-state index contributed by atoms with van der Waals surface area (Å²) < 4.78 is 4.56. The Bertz CT molecular complexity index is 377. The molecule has 1 aromatic rings. The van der Waals surface area contributed by atoms with Crippen LogP contribution < -0.4 is 5.32 Å². The molecule has 0 aliphatic heterocycles. The van der Waals surface area contributed by atoms with Gasteiger partial charge in [-0.25, -0.2) is 14.8 Å². The highest BCUT2D eigenvalue weighted by atomic mass is 16.5. The Kier molecular flexibility index (Phi) is 6.81. The quantitative estimate of drug-likeness (QED) is 0.567. The number of nitrogens with zero attached hydrogens (tertiary/aromatic N) is 3. The maximum atomic E-state index is 11.2. The zero-order valence-electron chi connectivity index (χ0n) is 11.8. The van der Waals surface area contributed by atoms with Crippen molar-refractivity contribution in [2.24, 2.45) is 0 Å². The lowest BCUT2D eigenvalue weighted by molar-refractivity contribution is 0.0593. The van der Waals surface area contributed by atoms with Gasteiger partial charge in [-0.3, -0.25) is 0 Å². The van der Waals surface area contributed by atoms with E-state index in [1.54, 1.807) is 6.20 Å². The number of rotatable bonds is 8. The van der Waals surface area contributed by atoms with Crippen molar-refractivity contribution in [3.05, 3.63) is 18.1 Å². The molecule has 0 fully saturated rings. The van der Waals surface area contributed by atoms with Gasteiger partial charge in [0.15, 0.2) is 5.69 Å². The molecule has 0 unspecified atom stereocenters. The molecular formula is C13H22N4O2. The fourth-order valence-corrected chi connectivity index (χ4v) is 1.69. The Balaban J connectivity index is 2.32. The fraction of sp³-hybridized carbons (Fsp3) is 0.615. The number of methoxy groups -OCH3 is 1. The third kappa shape index (κ3) is 5.21. The maximum Gasteiger partial charge on any atom is 0.358 e. The maximum absolute atomic E-state index is 11.2. The molecule has 1 N–H and O–H groups in total. The van der Waals surface area contributed by atoms with Gasteiger partial charge in [0.1, 0.15) is 5.82 Å². The summed E-state index contributed by atoms with van der Waals surface area (Å²) in [5.41, 5.74) is 0.219. The standard InChI is InChI=1S/C13H22N4O2/c1-4-17(5-2)8-6-7-14-12-10-15-11(9-16-12)13(18)19-3/h9-10H,4-8H2,1-3H3,(H,14,16). The van der Waals surface area contributed by atoms with Crippen molar-refractivity contribution in [3.63, 3.8) is 0 Å². The molecule has 0 spiro atoms. The van der Waals surface area contributed by atoms with E-state index >= 15 is 0 Å². The zero-order chi connectivity index (χ0) is 14.1. The second-order valence-electron chi connectivity index (χ2n) is 4.09. The average molecular weight is 266 g/mol. The van der Waals surface area contributed by atoms with Gasteiger partial charge in [-0.05, 0) is 26.1 Å². The van der Waals surface area contributed by atoms with Crippen molar-refractivity contribution in [2.75, 3.05) is 38.6 Å². The molecule has 0 bridgehead atoms. The summed E-state index contributed by atoms with van der Waals surface area (Å²) in [5, 5.41) is 3.18. The van der Waals surface area contributed by atoms with Crippen molar-refractivity contribution in [1.82, 2.24) is 14.9 Å². The smallest absolute Gasteiger partial charge is 0.358 e. The molecule has 0 atom stereocenters. The molecule has 1 rings (SSSR count). The summed E-state index contributed by atoms with van der Waals surface area (Å²) in [7, 11) is 1.32. The van der Waals surface area contributed by atoms with Crippen LogP contribution >= 0.6 is 0 Å². The van der Waals surface area contributed by atoms with Gasteiger partial charge in [0.25, 0.3) is 0 Å². The van der Waals surface area contributed by atoms with E-state index in [1.165, 1.54) is 13.3 Å². The largest absolute Gasteiger partial charge is 0.464 e. The third-order valence-corrected chi connectivity index (χ3v) is 2.90. The highest BCUT2D eigenvalue weighted by molar-refractivity contribution is 5.86. The number of hydrogen-bond acceptors (Lipinski definition) is 6. The van der Waals surface area contributed by atoms with Crippen LogP contribution in [0.15, 0.2) is 12.4 Å². The van der Waals surface area contributed by atoms with E-state index in [2.05, 4.69) is 38.8 Å². The van der Waals surface area contributed by atoms with Gasteiger partial charge >= 0.3 is 5.97 Å².